The van der Waals surface area contributed by atoms with Crippen molar-refractivity contribution in [2.45, 2.75) is 45.1 Å². The van der Waals surface area contributed by atoms with Crippen LogP contribution in [-0.2, 0) is 22.6 Å². The van der Waals surface area contributed by atoms with Crippen LogP contribution in [0.3, 0.4) is 0 Å². The lowest BCUT2D eigenvalue weighted by Crippen LogP contribution is -2.40. The number of piperidine rings is 1. The van der Waals surface area contributed by atoms with Crippen LogP contribution in [-0.4, -0.2) is 41.9 Å². The lowest BCUT2D eigenvalue weighted by molar-refractivity contribution is -0.133. The largest absolute Gasteiger partial charge is 0.497 e. The molecule has 1 aliphatic heterocycles. The molecule has 30 heavy (non-hydrogen) atoms. The van der Waals surface area contributed by atoms with Crippen LogP contribution < -0.4 is 10.1 Å². The molecule has 0 saturated carbocycles. The van der Waals surface area contributed by atoms with Crippen molar-refractivity contribution < 1.29 is 14.3 Å². The van der Waals surface area contributed by atoms with Gasteiger partial charge in [-0.3, -0.25) is 14.6 Å². The number of carbonyl (C=O) groups excluding carboxylic acids is 2. The van der Waals surface area contributed by atoms with Crippen LogP contribution in [0.15, 0.2) is 48.8 Å². The molecule has 6 nitrogen and oxygen atoms in total. The fourth-order valence-corrected chi connectivity index (χ4v) is 3.89. The van der Waals surface area contributed by atoms with Crippen LogP contribution in [0.25, 0.3) is 0 Å². The van der Waals surface area contributed by atoms with Crippen molar-refractivity contribution in [2.75, 3.05) is 20.2 Å². The Bertz CT molecular complexity index is 825. The number of amides is 2. The van der Waals surface area contributed by atoms with Gasteiger partial charge in [0, 0.05) is 44.9 Å². The minimum Gasteiger partial charge on any atom is -0.497 e. The highest BCUT2D eigenvalue weighted by molar-refractivity contribution is 5.77. The topological polar surface area (TPSA) is 71.5 Å². The molecule has 0 aliphatic carbocycles. The number of methoxy groups -OCH3 is 1. The molecule has 2 heterocycles. The molecule has 160 valence electrons. The van der Waals surface area contributed by atoms with Crippen LogP contribution in [0.2, 0.25) is 0 Å². The van der Waals surface area contributed by atoms with Gasteiger partial charge in [0.25, 0.3) is 0 Å². The van der Waals surface area contributed by atoms with Gasteiger partial charge < -0.3 is 15.0 Å². The molecule has 2 aromatic rings. The summed E-state index contributed by atoms with van der Waals surface area (Å²) in [6.45, 7) is 2.09. The maximum absolute atomic E-state index is 12.6. The van der Waals surface area contributed by atoms with Crippen LogP contribution >= 0.6 is 0 Å². The number of benzene rings is 1. The third-order valence-electron chi connectivity index (χ3n) is 5.65. The molecule has 1 saturated heterocycles. The zero-order chi connectivity index (χ0) is 21.2. The first kappa shape index (κ1) is 21.8. The van der Waals surface area contributed by atoms with Gasteiger partial charge in [0.05, 0.1) is 7.11 Å². The molecule has 1 aromatic heterocycles. The highest BCUT2D eigenvalue weighted by Crippen LogP contribution is 2.22. The number of rotatable bonds is 9. The summed E-state index contributed by atoms with van der Waals surface area (Å²) < 4.78 is 5.21. The molecule has 6 heteroatoms. The number of nitrogens with one attached hydrogen (secondary N) is 1. The summed E-state index contributed by atoms with van der Waals surface area (Å²) in [6.07, 6.45) is 8.19. The number of nitrogens with zero attached hydrogens (tertiary/aromatic N) is 2. The molecule has 2 amide bonds. The first-order valence-electron chi connectivity index (χ1n) is 10.7. The van der Waals surface area contributed by atoms with Gasteiger partial charge in [0.15, 0.2) is 0 Å². The van der Waals surface area contributed by atoms with E-state index in [0.29, 0.717) is 25.3 Å². The summed E-state index contributed by atoms with van der Waals surface area (Å²) in [7, 11) is 1.63. The van der Waals surface area contributed by atoms with Crippen molar-refractivity contribution in [3.8, 4) is 5.75 Å². The minimum atomic E-state index is 0.0546. The molecule has 1 N–H and O–H groups in total. The quantitative estimate of drug-likeness (QED) is 0.689. The van der Waals surface area contributed by atoms with Crippen LogP contribution in [0, 0.1) is 5.92 Å². The SMILES string of the molecule is COc1cccc(CNC(=O)CCC2CCCN(C(=O)CCc3ccncc3)C2)c1. The van der Waals surface area contributed by atoms with Gasteiger partial charge in [-0.2, -0.15) is 0 Å². The number of carbonyl (C=O) groups is 2. The molecule has 3 rings (SSSR count). The zero-order valence-corrected chi connectivity index (χ0v) is 17.7. The van der Waals surface area contributed by atoms with E-state index in [0.717, 1.165) is 55.6 Å². The molecular formula is C24H31N3O3. The van der Waals surface area contributed by atoms with Gasteiger partial charge in [-0.1, -0.05) is 12.1 Å². The predicted octanol–water partition coefficient (Wildman–Crippen LogP) is 3.36. The Kier molecular flexibility index (Phi) is 8.24. The summed E-state index contributed by atoms with van der Waals surface area (Å²) in [5.41, 5.74) is 2.16. The molecule has 1 unspecified atom stereocenters. The highest BCUT2D eigenvalue weighted by atomic mass is 16.5. The number of ether oxygens (including phenoxy) is 1. The van der Waals surface area contributed by atoms with Crippen LogP contribution in [0.1, 0.15) is 43.2 Å². The maximum Gasteiger partial charge on any atom is 0.222 e. The molecule has 0 bridgehead atoms. The number of pyridine rings is 1. The molecule has 0 spiro atoms. The first-order valence-corrected chi connectivity index (χ1v) is 10.7. The van der Waals surface area contributed by atoms with Gasteiger partial charge in [-0.05, 0) is 67.0 Å². The number of likely N-dealkylation sites (tertiary alicyclic amines) is 1. The molecule has 1 aromatic carbocycles. The van der Waals surface area contributed by atoms with E-state index in [1.807, 2.05) is 41.3 Å². The lowest BCUT2D eigenvalue weighted by Gasteiger charge is -2.33. The molecule has 1 aliphatic rings. The van der Waals surface area contributed by atoms with Crippen molar-refractivity contribution in [3.63, 3.8) is 0 Å². The highest BCUT2D eigenvalue weighted by Gasteiger charge is 2.23. The lowest BCUT2D eigenvalue weighted by atomic mass is 9.93. The van der Waals surface area contributed by atoms with Crippen molar-refractivity contribution in [1.82, 2.24) is 15.2 Å². The Morgan fingerprint density at radius 2 is 2.00 bits per heavy atom. The minimum absolute atomic E-state index is 0.0546. The second-order valence-corrected chi connectivity index (χ2v) is 7.87. The fourth-order valence-electron chi connectivity index (χ4n) is 3.89. The van der Waals surface area contributed by atoms with Crippen LogP contribution in [0.5, 0.6) is 5.75 Å². The molecule has 0 radical (unpaired) electrons. The van der Waals surface area contributed by atoms with E-state index >= 15 is 0 Å². The van der Waals surface area contributed by atoms with E-state index in [4.69, 9.17) is 4.74 Å². The average molecular weight is 410 g/mol. The zero-order valence-electron chi connectivity index (χ0n) is 17.7. The van der Waals surface area contributed by atoms with E-state index in [1.165, 1.54) is 0 Å². The third-order valence-corrected chi connectivity index (χ3v) is 5.65. The number of hydrogen-bond acceptors (Lipinski definition) is 4. The van der Waals surface area contributed by atoms with E-state index in [-0.39, 0.29) is 11.8 Å². The summed E-state index contributed by atoms with van der Waals surface area (Å²) in [5, 5.41) is 2.98. The van der Waals surface area contributed by atoms with E-state index in [9.17, 15) is 9.59 Å². The van der Waals surface area contributed by atoms with E-state index in [1.54, 1.807) is 19.5 Å². The van der Waals surface area contributed by atoms with Crippen molar-refractivity contribution in [3.05, 3.63) is 59.9 Å². The summed E-state index contributed by atoms with van der Waals surface area (Å²) in [6, 6.07) is 11.6. The van der Waals surface area contributed by atoms with E-state index in [2.05, 4.69) is 10.3 Å². The van der Waals surface area contributed by atoms with Crippen molar-refractivity contribution in [1.29, 1.82) is 0 Å². The predicted molar refractivity (Wildman–Crippen MR) is 116 cm³/mol. The van der Waals surface area contributed by atoms with Crippen molar-refractivity contribution >= 4 is 11.8 Å². The molecule has 1 fully saturated rings. The molecular weight excluding hydrogens is 378 g/mol. The monoisotopic (exact) mass is 409 g/mol. The standard InChI is InChI=1S/C24H31N3O3/c1-30-22-6-2-4-21(16-22)17-26-23(28)9-7-20-5-3-15-27(18-20)24(29)10-8-19-11-13-25-14-12-19/h2,4,6,11-14,16,20H,3,5,7-10,15,17-18H2,1H3,(H,26,28). The van der Waals surface area contributed by atoms with Gasteiger partial charge in [0.2, 0.25) is 11.8 Å². The van der Waals surface area contributed by atoms with Crippen LogP contribution in [0.4, 0.5) is 0 Å². The Morgan fingerprint density at radius 3 is 2.80 bits per heavy atom. The number of aryl methyl sites for hydroxylation is 1. The Labute approximate surface area is 178 Å². The van der Waals surface area contributed by atoms with Gasteiger partial charge in [0.1, 0.15) is 5.75 Å². The average Bonchev–Trinajstić information content (AvgIpc) is 2.81. The first-order chi connectivity index (χ1) is 14.6. The third kappa shape index (κ3) is 6.87. The Balaban J connectivity index is 1.37. The molecule has 1 atom stereocenters. The summed E-state index contributed by atoms with van der Waals surface area (Å²) >= 11 is 0. The van der Waals surface area contributed by atoms with Crippen molar-refractivity contribution in [2.24, 2.45) is 5.92 Å². The smallest absolute Gasteiger partial charge is 0.222 e. The van der Waals surface area contributed by atoms with Gasteiger partial charge in [-0.15, -0.1) is 0 Å². The maximum atomic E-state index is 12.6. The Hall–Kier alpha value is -2.89. The number of aromatic nitrogens is 1. The summed E-state index contributed by atoms with van der Waals surface area (Å²) in [5.74, 6) is 1.45. The van der Waals surface area contributed by atoms with Gasteiger partial charge >= 0.3 is 0 Å². The van der Waals surface area contributed by atoms with Gasteiger partial charge in [-0.25, -0.2) is 0 Å². The Morgan fingerprint density at radius 1 is 1.17 bits per heavy atom. The second-order valence-electron chi connectivity index (χ2n) is 7.87. The van der Waals surface area contributed by atoms with E-state index < -0.39 is 0 Å². The fraction of sp³-hybridized carbons (Fsp3) is 0.458. The number of hydrogen-bond donors (Lipinski definition) is 1. The normalized spacial score (nSPS) is 16.2. The second kappa shape index (κ2) is 11.3. The summed E-state index contributed by atoms with van der Waals surface area (Å²) in [4.78, 5) is 30.8.